The van der Waals surface area contributed by atoms with Gasteiger partial charge in [0.25, 0.3) is 0 Å². The molecule has 0 aromatic heterocycles. The molecule has 0 spiro atoms. The maximum atomic E-state index is 14.4. The van der Waals surface area contributed by atoms with Gasteiger partial charge in [-0.25, -0.2) is 4.39 Å². The molecule has 0 bridgehead atoms. The van der Waals surface area contributed by atoms with E-state index in [1.807, 2.05) is 0 Å². The van der Waals surface area contributed by atoms with Crippen LogP contribution >= 0.6 is 0 Å². The largest absolute Gasteiger partial charge is 0.460 e. The second kappa shape index (κ2) is 11.7. The van der Waals surface area contributed by atoms with Crippen molar-refractivity contribution < 1.29 is 150 Å². The van der Waals surface area contributed by atoms with E-state index in [1.54, 1.807) is 0 Å². The summed E-state index contributed by atoms with van der Waals surface area (Å²) >= 11 is 0. The van der Waals surface area contributed by atoms with Crippen LogP contribution in [0, 0.1) is 0 Å². The molecule has 35 heteroatoms. The highest BCUT2D eigenvalue weighted by molar-refractivity contribution is 5.81. The van der Waals surface area contributed by atoms with Gasteiger partial charge in [0.1, 0.15) is 0 Å². The fourth-order valence-corrected chi connectivity index (χ4v) is 2.89. The van der Waals surface area contributed by atoms with E-state index in [1.165, 1.54) is 0 Å². The van der Waals surface area contributed by atoms with Crippen LogP contribution in [0.4, 0.5) is 145 Å². The van der Waals surface area contributed by atoms with E-state index in [0.29, 0.717) is 0 Å². The molecule has 0 N–H and O–H groups in total. The number of halogens is 33. The van der Waals surface area contributed by atoms with Crippen molar-refractivity contribution in [1.82, 2.24) is 4.90 Å². The number of carbonyl (C=O) groups is 1. The van der Waals surface area contributed by atoms with Gasteiger partial charge in [-0.1, -0.05) is 0 Å². The van der Waals surface area contributed by atoms with Crippen LogP contribution in [-0.2, 0) is 4.79 Å². The van der Waals surface area contributed by atoms with Gasteiger partial charge in [-0.15, -0.1) is 4.90 Å². The van der Waals surface area contributed by atoms with Crippen LogP contribution in [0.2, 0.25) is 0 Å². The molecule has 2 nitrogen and oxygen atoms in total. The lowest BCUT2D eigenvalue weighted by Crippen LogP contribution is -2.83. The van der Waals surface area contributed by atoms with E-state index in [4.69, 9.17) is 0 Å². The van der Waals surface area contributed by atoms with Gasteiger partial charge in [-0.05, 0) is 0 Å². The smallest absolute Gasteiger partial charge is 0.257 e. The van der Waals surface area contributed by atoms with Crippen molar-refractivity contribution in [1.29, 1.82) is 0 Å². The lowest BCUT2D eigenvalue weighted by Gasteiger charge is -2.50. The van der Waals surface area contributed by atoms with Crippen LogP contribution < -0.4 is 0 Å². The maximum Gasteiger partial charge on any atom is 0.460 e. The molecule has 0 aliphatic heterocycles. The van der Waals surface area contributed by atoms with E-state index in [2.05, 4.69) is 0 Å². The first-order valence-electron chi connectivity index (χ1n) is 10.4. The third-order valence-electron chi connectivity index (χ3n) is 5.75. The standard InChI is InChI=1S/C16F33NO/c17-1(51)2(18,11(35,36)37)14(44,45)50(15(46,47)9(31,32)5(23,24)3(19,20)7(27,28)12(38,39)40)16(48,49)10(33,34)6(25,26)4(21,22)8(29,30)13(41,42)43. The molecule has 0 heterocycles. The lowest BCUT2D eigenvalue weighted by molar-refractivity contribution is -0.520. The summed E-state index contributed by atoms with van der Waals surface area (Å²) in [6, 6.07) is -37.3. The predicted octanol–water partition coefficient (Wildman–Crippen LogP) is 10.0. The van der Waals surface area contributed by atoms with E-state index in [0.717, 1.165) is 0 Å². The molecule has 0 radical (unpaired) electrons. The zero-order valence-electron chi connectivity index (χ0n) is 21.3. The Labute approximate surface area is 252 Å². The quantitative estimate of drug-likeness (QED) is 0.105. The van der Waals surface area contributed by atoms with Crippen molar-refractivity contribution in [2.75, 3.05) is 0 Å². The van der Waals surface area contributed by atoms with Gasteiger partial charge in [0.05, 0.1) is 0 Å². The first-order chi connectivity index (χ1) is 21.3. The third kappa shape index (κ3) is 5.81. The Balaban J connectivity index is 8.81. The number of nitrogens with zero attached hydrogens (tertiary/aromatic N) is 1. The molecule has 0 rings (SSSR count). The Hall–Kier alpha value is -2.68. The molecule has 0 saturated carbocycles. The highest BCUT2D eigenvalue weighted by Crippen LogP contribution is 2.67. The Morgan fingerprint density at radius 2 is 0.471 bits per heavy atom. The van der Waals surface area contributed by atoms with Crippen molar-refractivity contribution in [3.05, 3.63) is 0 Å². The van der Waals surface area contributed by atoms with Gasteiger partial charge in [0, 0.05) is 0 Å². The molecule has 1 unspecified atom stereocenters. The fraction of sp³-hybridized carbons (Fsp3) is 0.938. The number of alkyl halides is 32. The molecule has 0 fully saturated rings. The van der Waals surface area contributed by atoms with Crippen LogP contribution in [0.5, 0.6) is 0 Å². The van der Waals surface area contributed by atoms with E-state index in [-0.39, 0.29) is 0 Å². The van der Waals surface area contributed by atoms with Gasteiger partial charge in [-0.2, -0.15) is 140 Å². The minimum Gasteiger partial charge on any atom is -0.257 e. The van der Waals surface area contributed by atoms with Crippen molar-refractivity contribution in [3.8, 4) is 0 Å². The number of hydrogen-bond acceptors (Lipinski definition) is 2. The van der Waals surface area contributed by atoms with Gasteiger partial charge in [0.15, 0.2) is 0 Å². The lowest BCUT2D eigenvalue weighted by atomic mass is 9.91. The molecule has 51 heavy (non-hydrogen) atoms. The molecule has 0 saturated heterocycles. The molecule has 0 aliphatic rings. The summed E-state index contributed by atoms with van der Waals surface area (Å²) in [7, 11) is 0. The summed E-state index contributed by atoms with van der Waals surface area (Å²) in [5.41, 5.74) is -9.31. The molecule has 0 aromatic carbocycles. The molecular formula is C16F33NO. The zero-order valence-corrected chi connectivity index (χ0v) is 21.3. The Bertz CT molecular complexity index is 1220. The Kier molecular flexibility index (Phi) is 11.0. The highest BCUT2D eigenvalue weighted by atomic mass is 19.4. The van der Waals surface area contributed by atoms with Crippen LogP contribution in [0.1, 0.15) is 0 Å². The van der Waals surface area contributed by atoms with Crippen molar-refractivity contribution in [2.45, 2.75) is 89.7 Å². The van der Waals surface area contributed by atoms with Crippen molar-refractivity contribution in [3.63, 3.8) is 0 Å². The number of hydrogen-bond donors (Lipinski definition) is 0. The minimum atomic E-state index is -10.5. The molecule has 0 aliphatic carbocycles. The topological polar surface area (TPSA) is 20.3 Å². The van der Waals surface area contributed by atoms with Crippen LogP contribution in [-0.4, -0.2) is 101 Å². The zero-order chi connectivity index (χ0) is 42.7. The van der Waals surface area contributed by atoms with Crippen LogP contribution in [0.25, 0.3) is 0 Å². The first kappa shape index (κ1) is 48.3. The molecule has 306 valence electrons. The third-order valence-corrected chi connectivity index (χ3v) is 5.75. The fourth-order valence-electron chi connectivity index (χ4n) is 2.89. The summed E-state index contributed by atoms with van der Waals surface area (Å²) in [5, 5.41) is 0. The SMILES string of the molecule is O=C(F)C(F)(C(F)(F)F)C(F)(F)N(C(F)(F)C(F)(F)C(F)(F)C(F)(F)C(F)(F)C(F)(F)F)C(F)(F)C(F)(F)C(F)(F)C(F)(F)C(F)(F)C(F)(F)F. The van der Waals surface area contributed by atoms with E-state index < -0.39 is 101 Å². The predicted molar refractivity (Wildman–Crippen MR) is 84.4 cm³/mol. The summed E-state index contributed by atoms with van der Waals surface area (Å²) < 4.78 is 441. The van der Waals surface area contributed by atoms with Crippen molar-refractivity contribution >= 4 is 6.04 Å². The van der Waals surface area contributed by atoms with E-state index in [9.17, 15) is 150 Å². The Morgan fingerprint density at radius 3 is 0.627 bits per heavy atom. The molecule has 0 amide bonds. The summed E-state index contributed by atoms with van der Waals surface area (Å²) in [5.74, 6) is -78.2. The second-order valence-electron chi connectivity index (χ2n) is 8.98. The summed E-state index contributed by atoms with van der Waals surface area (Å²) in [6.07, 6.45) is -26.1. The maximum absolute atomic E-state index is 14.4. The van der Waals surface area contributed by atoms with E-state index >= 15 is 0 Å². The Morgan fingerprint density at radius 1 is 0.275 bits per heavy atom. The average molecular weight is 849 g/mol. The van der Waals surface area contributed by atoms with Gasteiger partial charge >= 0.3 is 95.8 Å². The minimum absolute atomic E-state index is 6.15. The van der Waals surface area contributed by atoms with Gasteiger partial charge in [-0.3, -0.25) is 4.79 Å². The van der Waals surface area contributed by atoms with Crippen molar-refractivity contribution in [2.24, 2.45) is 0 Å². The normalized spacial score (nSPS) is 17.9. The summed E-state index contributed by atoms with van der Waals surface area (Å²) in [6.45, 7) is 0. The number of rotatable bonds is 13. The van der Waals surface area contributed by atoms with Gasteiger partial charge < -0.3 is 0 Å². The first-order valence-corrected chi connectivity index (χ1v) is 10.4. The second-order valence-corrected chi connectivity index (χ2v) is 8.98. The molecular weight excluding hydrogens is 849 g/mol. The average Bonchev–Trinajstić information content (AvgIpc) is 2.84. The molecule has 1 atom stereocenters. The monoisotopic (exact) mass is 849 g/mol. The highest BCUT2D eigenvalue weighted by Gasteiger charge is 2.99. The molecule has 0 aromatic rings. The van der Waals surface area contributed by atoms with Gasteiger partial charge in [0.2, 0.25) is 0 Å². The number of carbonyl (C=O) groups excluding carboxylic acids is 1. The summed E-state index contributed by atoms with van der Waals surface area (Å²) in [4.78, 5) is 3.69. The van der Waals surface area contributed by atoms with Crippen LogP contribution in [0.3, 0.4) is 0 Å². The van der Waals surface area contributed by atoms with Crippen LogP contribution in [0.15, 0.2) is 0 Å².